The Balaban J connectivity index is 0.00000300. The first-order chi connectivity index (χ1) is 13.8. The summed E-state index contributed by atoms with van der Waals surface area (Å²) in [5.74, 6) is 1.56. The van der Waals surface area contributed by atoms with E-state index >= 15 is 0 Å². The van der Waals surface area contributed by atoms with Gasteiger partial charge in [-0.3, -0.25) is 4.99 Å². The second-order valence-electron chi connectivity index (χ2n) is 6.82. The normalized spacial score (nSPS) is 15.0. The van der Waals surface area contributed by atoms with Gasteiger partial charge in [0.1, 0.15) is 6.61 Å². The maximum absolute atomic E-state index is 5.82. The molecular formula is C22H31IN4O2. The number of pyridine rings is 1. The Bertz CT molecular complexity index is 749. The molecule has 1 N–H and O–H groups in total. The number of rotatable bonds is 7. The van der Waals surface area contributed by atoms with Crippen LogP contribution in [0.3, 0.4) is 0 Å². The fourth-order valence-corrected chi connectivity index (χ4v) is 3.35. The summed E-state index contributed by atoms with van der Waals surface area (Å²) >= 11 is 0. The van der Waals surface area contributed by atoms with Gasteiger partial charge in [-0.1, -0.05) is 30.3 Å². The van der Waals surface area contributed by atoms with Gasteiger partial charge in [0.05, 0.1) is 6.10 Å². The monoisotopic (exact) mass is 510 g/mol. The third kappa shape index (κ3) is 7.47. The molecular weight excluding hydrogens is 479 g/mol. The van der Waals surface area contributed by atoms with Gasteiger partial charge in [-0.2, -0.15) is 0 Å². The first kappa shape index (κ1) is 23.4. The van der Waals surface area contributed by atoms with E-state index in [0.717, 1.165) is 49.6 Å². The first-order valence-corrected chi connectivity index (χ1v) is 9.97. The van der Waals surface area contributed by atoms with Crippen molar-refractivity contribution in [2.24, 2.45) is 4.99 Å². The zero-order chi connectivity index (χ0) is 19.6. The van der Waals surface area contributed by atoms with Crippen molar-refractivity contribution in [1.29, 1.82) is 0 Å². The van der Waals surface area contributed by atoms with Gasteiger partial charge >= 0.3 is 0 Å². The van der Waals surface area contributed by atoms with Crippen molar-refractivity contribution in [1.82, 2.24) is 15.2 Å². The minimum absolute atomic E-state index is 0. The average Bonchev–Trinajstić information content (AvgIpc) is 2.75. The van der Waals surface area contributed by atoms with Gasteiger partial charge in [0.15, 0.2) is 5.96 Å². The summed E-state index contributed by atoms with van der Waals surface area (Å²) in [6.07, 6.45) is 4.25. The van der Waals surface area contributed by atoms with Crippen LogP contribution in [-0.4, -0.2) is 48.7 Å². The number of hydrogen-bond donors (Lipinski definition) is 1. The van der Waals surface area contributed by atoms with Crippen LogP contribution in [-0.2, 0) is 17.9 Å². The molecule has 0 aliphatic carbocycles. The predicted octanol–water partition coefficient (Wildman–Crippen LogP) is 3.85. The third-order valence-corrected chi connectivity index (χ3v) is 4.84. The first-order valence-electron chi connectivity index (χ1n) is 9.97. The van der Waals surface area contributed by atoms with Crippen LogP contribution < -0.4 is 10.1 Å². The molecule has 29 heavy (non-hydrogen) atoms. The number of aliphatic imine (C=N–C) groups is 1. The van der Waals surface area contributed by atoms with E-state index in [9.17, 15) is 0 Å². The molecule has 2 heterocycles. The predicted molar refractivity (Wildman–Crippen MR) is 127 cm³/mol. The Kier molecular flexibility index (Phi) is 10.2. The Morgan fingerprint density at radius 2 is 1.93 bits per heavy atom. The van der Waals surface area contributed by atoms with E-state index in [2.05, 4.69) is 27.1 Å². The fraction of sp³-hybridized carbons (Fsp3) is 0.455. The van der Waals surface area contributed by atoms with E-state index in [0.29, 0.717) is 25.1 Å². The van der Waals surface area contributed by atoms with Crippen molar-refractivity contribution < 1.29 is 9.47 Å². The van der Waals surface area contributed by atoms with Crippen LogP contribution in [0.25, 0.3) is 0 Å². The number of benzene rings is 1. The van der Waals surface area contributed by atoms with Gasteiger partial charge in [-0.15, -0.1) is 24.0 Å². The van der Waals surface area contributed by atoms with Crippen LogP contribution in [0.5, 0.6) is 5.88 Å². The molecule has 0 radical (unpaired) electrons. The average molecular weight is 510 g/mol. The largest absolute Gasteiger partial charge is 0.473 e. The highest BCUT2D eigenvalue weighted by Crippen LogP contribution is 2.15. The van der Waals surface area contributed by atoms with E-state index < -0.39 is 0 Å². The standard InChI is InChI=1S/C22H30N4O2.HI/c1-3-27-20-10-13-26(14-11-20)22(23-2)25-16-19-9-12-24-21(15-19)28-17-18-7-5-4-6-8-18;/h4-9,12,15,20H,3,10-11,13-14,16-17H2,1-2H3,(H,23,25);1H. The van der Waals surface area contributed by atoms with Gasteiger partial charge in [0.25, 0.3) is 0 Å². The second-order valence-corrected chi connectivity index (χ2v) is 6.82. The maximum atomic E-state index is 5.82. The fourth-order valence-electron chi connectivity index (χ4n) is 3.35. The SMILES string of the molecule is CCOC1CCN(C(=NC)NCc2ccnc(OCc3ccccc3)c2)CC1.I. The molecule has 158 valence electrons. The molecule has 0 atom stereocenters. The zero-order valence-electron chi connectivity index (χ0n) is 17.2. The number of ether oxygens (including phenoxy) is 2. The lowest BCUT2D eigenvalue weighted by Gasteiger charge is -2.34. The Morgan fingerprint density at radius 1 is 1.17 bits per heavy atom. The van der Waals surface area contributed by atoms with E-state index in [1.165, 1.54) is 0 Å². The van der Waals surface area contributed by atoms with Crippen molar-refractivity contribution in [3.8, 4) is 5.88 Å². The molecule has 1 fully saturated rings. The number of piperidine rings is 1. The summed E-state index contributed by atoms with van der Waals surface area (Å²) in [6, 6.07) is 14.1. The Morgan fingerprint density at radius 3 is 2.62 bits per heavy atom. The number of guanidine groups is 1. The van der Waals surface area contributed by atoms with Gasteiger partial charge in [0.2, 0.25) is 5.88 Å². The molecule has 1 aromatic heterocycles. The summed E-state index contributed by atoms with van der Waals surface area (Å²) in [4.78, 5) is 11.0. The lowest BCUT2D eigenvalue weighted by Crippen LogP contribution is -2.46. The van der Waals surface area contributed by atoms with Crippen molar-refractivity contribution >= 4 is 29.9 Å². The van der Waals surface area contributed by atoms with Crippen LogP contribution >= 0.6 is 24.0 Å². The highest BCUT2D eigenvalue weighted by atomic mass is 127. The Hall–Kier alpha value is -1.87. The number of nitrogens with one attached hydrogen (secondary N) is 1. The minimum atomic E-state index is 0. The molecule has 7 heteroatoms. The quantitative estimate of drug-likeness (QED) is 0.349. The number of likely N-dealkylation sites (tertiary alicyclic amines) is 1. The molecule has 0 bridgehead atoms. The van der Waals surface area contributed by atoms with Crippen LogP contribution in [0.2, 0.25) is 0 Å². The molecule has 0 amide bonds. The van der Waals surface area contributed by atoms with Crippen LogP contribution in [0.1, 0.15) is 30.9 Å². The van der Waals surface area contributed by atoms with E-state index in [1.807, 2.05) is 49.5 Å². The molecule has 0 spiro atoms. The summed E-state index contributed by atoms with van der Waals surface area (Å²) in [6.45, 7) is 5.97. The minimum Gasteiger partial charge on any atom is -0.473 e. The molecule has 1 saturated heterocycles. The summed E-state index contributed by atoms with van der Waals surface area (Å²) in [5, 5.41) is 3.46. The molecule has 1 aliphatic heterocycles. The van der Waals surface area contributed by atoms with E-state index in [1.54, 1.807) is 6.20 Å². The lowest BCUT2D eigenvalue weighted by atomic mass is 10.1. The molecule has 1 aliphatic rings. The smallest absolute Gasteiger partial charge is 0.213 e. The Labute approximate surface area is 190 Å². The topological polar surface area (TPSA) is 59.0 Å². The molecule has 6 nitrogen and oxygen atoms in total. The summed E-state index contributed by atoms with van der Waals surface area (Å²) in [7, 11) is 1.83. The zero-order valence-corrected chi connectivity index (χ0v) is 19.5. The summed E-state index contributed by atoms with van der Waals surface area (Å²) in [5.41, 5.74) is 2.24. The number of aromatic nitrogens is 1. The van der Waals surface area contributed by atoms with Gasteiger partial charge < -0.3 is 19.7 Å². The van der Waals surface area contributed by atoms with Gasteiger partial charge in [-0.25, -0.2) is 4.98 Å². The molecule has 0 saturated carbocycles. The van der Waals surface area contributed by atoms with Gasteiger partial charge in [0, 0.05) is 45.6 Å². The lowest BCUT2D eigenvalue weighted by molar-refractivity contribution is 0.0263. The highest BCUT2D eigenvalue weighted by Gasteiger charge is 2.21. The van der Waals surface area contributed by atoms with Crippen LogP contribution in [0, 0.1) is 0 Å². The maximum Gasteiger partial charge on any atom is 0.213 e. The van der Waals surface area contributed by atoms with Crippen molar-refractivity contribution in [2.75, 3.05) is 26.7 Å². The highest BCUT2D eigenvalue weighted by molar-refractivity contribution is 14.0. The van der Waals surface area contributed by atoms with Crippen molar-refractivity contribution in [3.05, 3.63) is 59.8 Å². The molecule has 2 aromatic rings. The van der Waals surface area contributed by atoms with Crippen LogP contribution in [0.4, 0.5) is 0 Å². The second kappa shape index (κ2) is 12.6. The van der Waals surface area contributed by atoms with Gasteiger partial charge in [-0.05, 0) is 37.0 Å². The molecule has 3 rings (SSSR count). The van der Waals surface area contributed by atoms with E-state index in [-0.39, 0.29) is 24.0 Å². The summed E-state index contributed by atoms with van der Waals surface area (Å²) < 4.78 is 11.6. The molecule has 0 unspecified atom stereocenters. The van der Waals surface area contributed by atoms with E-state index in [4.69, 9.17) is 9.47 Å². The van der Waals surface area contributed by atoms with Crippen LogP contribution in [0.15, 0.2) is 53.7 Å². The van der Waals surface area contributed by atoms with Crippen molar-refractivity contribution in [2.45, 2.75) is 39.0 Å². The number of hydrogen-bond acceptors (Lipinski definition) is 4. The third-order valence-electron chi connectivity index (χ3n) is 4.84. The number of nitrogens with zero attached hydrogens (tertiary/aromatic N) is 3. The number of halogens is 1. The molecule has 1 aromatic carbocycles. The van der Waals surface area contributed by atoms with Crippen molar-refractivity contribution in [3.63, 3.8) is 0 Å².